The summed E-state index contributed by atoms with van der Waals surface area (Å²) in [6.07, 6.45) is 3.29. The molecular formula is C26H29NO3. The number of para-hydroxylation sites is 2. The van der Waals surface area contributed by atoms with Gasteiger partial charge in [-0.25, -0.2) is 0 Å². The Morgan fingerprint density at radius 1 is 0.867 bits per heavy atom. The Morgan fingerprint density at radius 2 is 1.50 bits per heavy atom. The predicted octanol–water partition coefficient (Wildman–Crippen LogP) is 5.70. The van der Waals surface area contributed by atoms with Gasteiger partial charge in [-0.15, -0.1) is 0 Å². The molecule has 0 fully saturated rings. The highest BCUT2D eigenvalue weighted by Gasteiger charge is 2.16. The van der Waals surface area contributed by atoms with E-state index in [9.17, 15) is 5.11 Å². The summed E-state index contributed by atoms with van der Waals surface area (Å²) in [5.74, 6) is 1.32. The lowest BCUT2D eigenvalue weighted by molar-refractivity contribution is 0.111. The van der Waals surface area contributed by atoms with Gasteiger partial charge in [0.15, 0.2) is 11.5 Å². The number of hydrogen-bond donors (Lipinski definition) is 1. The Labute approximate surface area is 179 Å². The Balaban J connectivity index is 1.73. The number of anilines is 2. The lowest BCUT2D eigenvalue weighted by Gasteiger charge is -2.27. The van der Waals surface area contributed by atoms with E-state index in [-0.39, 0.29) is 6.61 Å². The van der Waals surface area contributed by atoms with Crippen molar-refractivity contribution in [3.63, 3.8) is 0 Å². The lowest BCUT2D eigenvalue weighted by Crippen LogP contribution is -2.32. The van der Waals surface area contributed by atoms with Gasteiger partial charge in [0.25, 0.3) is 0 Å². The van der Waals surface area contributed by atoms with E-state index >= 15 is 0 Å². The Hall–Kier alpha value is -3.24. The van der Waals surface area contributed by atoms with Crippen LogP contribution in [0.5, 0.6) is 11.5 Å². The van der Waals surface area contributed by atoms with Gasteiger partial charge in [-0.1, -0.05) is 54.6 Å². The van der Waals surface area contributed by atoms with Crippen LogP contribution in [-0.4, -0.2) is 31.0 Å². The van der Waals surface area contributed by atoms with Crippen LogP contribution in [-0.2, 0) is 0 Å². The average molecular weight is 404 g/mol. The van der Waals surface area contributed by atoms with Crippen LogP contribution in [0, 0.1) is 0 Å². The van der Waals surface area contributed by atoms with Gasteiger partial charge >= 0.3 is 0 Å². The highest BCUT2D eigenvalue weighted by atomic mass is 16.5. The molecule has 156 valence electrons. The zero-order chi connectivity index (χ0) is 21.2. The zero-order valence-electron chi connectivity index (χ0n) is 17.6. The summed E-state index contributed by atoms with van der Waals surface area (Å²) in [6.45, 7) is 5.04. The molecule has 0 heterocycles. The van der Waals surface area contributed by atoms with E-state index in [1.54, 1.807) is 0 Å². The molecule has 4 nitrogen and oxygen atoms in total. The van der Waals surface area contributed by atoms with Crippen molar-refractivity contribution in [3.05, 3.63) is 90.5 Å². The second-order valence-corrected chi connectivity index (χ2v) is 6.89. The van der Waals surface area contributed by atoms with Gasteiger partial charge in [0.2, 0.25) is 0 Å². The molecule has 3 rings (SSSR count). The number of nitrogens with zero attached hydrogens (tertiary/aromatic N) is 1. The van der Waals surface area contributed by atoms with Crippen molar-refractivity contribution in [2.24, 2.45) is 0 Å². The highest BCUT2D eigenvalue weighted by molar-refractivity contribution is 5.63. The molecule has 0 saturated heterocycles. The third-order valence-electron chi connectivity index (χ3n) is 4.59. The molecule has 0 amide bonds. The second-order valence-electron chi connectivity index (χ2n) is 6.89. The van der Waals surface area contributed by atoms with E-state index in [0.29, 0.717) is 24.7 Å². The monoisotopic (exact) mass is 403 g/mol. The molecule has 0 aliphatic rings. The van der Waals surface area contributed by atoms with Crippen molar-refractivity contribution in [1.29, 1.82) is 0 Å². The molecule has 0 spiro atoms. The molecule has 0 aliphatic heterocycles. The maximum atomic E-state index is 10.8. The number of rotatable bonds is 10. The van der Waals surface area contributed by atoms with Crippen molar-refractivity contribution in [3.8, 4) is 11.5 Å². The van der Waals surface area contributed by atoms with E-state index in [4.69, 9.17) is 9.47 Å². The first-order chi connectivity index (χ1) is 14.7. The van der Waals surface area contributed by atoms with E-state index in [2.05, 4.69) is 4.90 Å². The topological polar surface area (TPSA) is 41.9 Å². The molecule has 0 aromatic heterocycles. The summed E-state index contributed by atoms with van der Waals surface area (Å²) < 4.78 is 11.7. The number of ether oxygens (including phenoxy) is 2. The van der Waals surface area contributed by atoms with Crippen molar-refractivity contribution >= 4 is 17.5 Å². The molecule has 4 heteroatoms. The summed E-state index contributed by atoms with van der Waals surface area (Å²) in [5.41, 5.74) is 3.07. The van der Waals surface area contributed by atoms with E-state index < -0.39 is 6.10 Å². The van der Waals surface area contributed by atoms with Gasteiger partial charge in [-0.3, -0.25) is 0 Å². The lowest BCUT2D eigenvalue weighted by atomic mass is 10.2. The maximum Gasteiger partial charge on any atom is 0.161 e. The van der Waals surface area contributed by atoms with E-state index in [1.807, 2.05) is 105 Å². The zero-order valence-corrected chi connectivity index (χ0v) is 17.6. The smallest absolute Gasteiger partial charge is 0.161 e. The maximum absolute atomic E-state index is 10.8. The highest BCUT2D eigenvalue weighted by Crippen LogP contribution is 2.30. The minimum absolute atomic E-state index is 0.162. The quantitative estimate of drug-likeness (QED) is 0.472. The first-order valence-electron chi connectivity index (χ1n) is 10.3. The van der Waals surface area contributed by atoms with Gasteiger partial charge in [0.05, 0.1) is 13.2 Å². The number of benzene rings is 3. The molecule has 0 saturated carbocycles. The molecule has 30 heavy (non-hydrogen) atoms. The van der Waals surface area contributed by atoms with Gasteiger partial charge in [0, 0.05) is 11.4 Å². The first kappa shape index (κ1) is 21.5. The first-order valence-corrected chi connectivity index (χ1v) is 10.3. The van der Waals surface area contributed by atoms with E-state index in [0.717, 1.165) is 16.9 Å². The van der Waals surface area contributed by atoms with Crippen LogP contribution in [0.1, 0.15) is 19.4 Å². The standard InChI is InChI=1S/C26H29NO3/c1-3-11-21-16-17-25(29-4-2)26(18-21)30-20-24(28)19-27(22-12-7-5-8-13-22)23-14-9-6-10-15-23/h3,5-18,24,28H,4,19-20H2,1-2H3. The Kier molecular flexibility index (Phi) is 7.93. The van der Waals surface area contributed by atoms with Crippen LogP contribution in [0.2, 0.25) is 0 Å². The summed E-state index contributed by atoms with van der Waals surface area (Å²) in [6, 6.07) is 25.9. The van der Waals surface area contributed by atoms with Crippen LogP contribution in [0.15, 0.2) is 84.9 Å². The van der Waals surface area contributed by atoms with Gasteiger partial charge < -0.3 is 19.5 Å². The summed E-state index contributed by atoms with van der Waals surface area (Å²) >= 11 is 0. The minimum atomic E-state index is -0.690. The van der Waals surface area contributed by atoms with Crippen molar-refractivity contribution in [1.82, 2.24) is 0 Å². The normalized spacial score (nSPS) is 12.0. The van der Waals surface area contributed by atoms with Crippen molar-refractivity contribution in [2.75, 3.05) is 24.7 Å². The number of aliphatic hydroxyl groups is 1. The minimum Gasteiger partial charge on any atom is -0.490 e. The SMILES string of the molecule is CC=Cc1ccc(OCC)c(OCC(O)CN(c2ccccc2)c2ccccc2)c1. The third kappa shape index (κ3) is 5.88. The largest absolute Gasteiger partial charge is 0.490 e. The summed E-state index contributed by atoms with van der Waals surface area (Å²) in [5, 5.41) is 10.8. The van der Waals surface area contributed by atoms with Crippen LogP contribution in [0.4, 0.5) is 11.4 Å². The summed E-state index contributed by atoms with van der Waals surface area (Å²) in [4.78, 5) is 2.09. The molecular weight excluding hydrogens is 374 g/mol. The molecule has 1 atom stereocenters. The van der Waals surface area contributed by atoms with Crippen LogP contribution in [0.25, 0.3) is 6.08 Å². The third-order valence-corrected chi connectivity index (χ3v) is 4.59. The van der Waals surface area contributed by atoms with Crippen LogP contribution < -0.4 is 14.4 Å². The predicted molar refractivity (Wildman–Crippen MR) is 124 cm³/mol. The fourth-order valence-corrected chi connectivity index (χ4v) is 3.23. The molecule has 1 unspecified atom stereocenters. The van der Waals surface area contributed by atoms with Crippen LogP contribution in [0.3, 0.4) is 0 Å². The fourth-order valence-electron chi connectivity index (χ4n) is 3.23. The van der Waals surface area contributed by atoms with Crippen LogP contribution >= 0.6 is 0 Å². The van der Waals surface area contributed by atoms with Gasteiger partial charge in [-0.05, 0) is 55.8 Å². The van der Waals surface area contributed by atoms with Gasteiger partial charge in [0.1, 0.15) is 12.7 Å². The summed E-state index contributed by atoms with van der Waals surface area (Å²) in [7, 11) is 0. The molecule has 0 aliphatic carbocycles. The molecule has 0 bridgehead atoms. The number of aliphatic hydroxyl groups excluding tert-OH is 1. The van der Waals surface area contributed by atoms with Gasteiger partial charge in [-0.2, -0.15) is 0 Å². The fraction of sp³-hybridized carbons (Fsp3) is 0.231. The van der Waals surface area contributed by atoms with E-state index in [1.165, 1.54) is 0 Å². The Morgan fingerprint density at radius 3 is 2.07 bits per heavy atom. The second kappa shape index (κ2) is 11.1. The molecule has 0 radical (unpaired) electrons. The number of hydrogen-bond acceptors (Lipinski definition) is 4. The Bertz CT molecular complexity index is 886. The van der Waals surface area contributed by atoms with Crippen molar-refractivity contribution in [2.45, 2.75) is 20.0 Å². The molecule has 3 aromatic carbocycles. The molecule has 3 aromatic rings. The average Bonchev–Trinajstić information content (AvgIpc) is 2.79. The number of allylic oxidation sites excluding steroid dienone is 1. The van der Waals surface area contributed by atoms with Crippen molar-refractivity contribution < 1.29 is 14.6 Å². The molecule has 1 N–H and O–H groups in total.